The SMILES string of the molecule is Oc1cc(C(F)(F)F)ccc1-c1nnc(NCCN2CCCCC2)c2ccccc12. The first-order valence-electron chi connectivity index (χ1n) is 10.1. The number of fused-ring (bicyclic) bond motifs is 1. The van der Waals surface area contributed by atoms with Gasteiger partial charge in [0.1, 0.15) is 11.4 Å². The van der Waals surface area contributed by atoms with Gasteiger partial charge >= 0.3 is 6.18 Å². The number of likely N-dealkylation sites (tertiary alicyclic amines) is 1. The average molecular weight is 416 g/mol. The van der Waals surface area contributed by atoms with E-state index in [2.05, 4.69) is 20.4 Å². The van der Waals surface area contributed by atoms with Crippen molar-refractivity contribution < 1.29 is 18.3 Å². The Morgan fingerprint density at radius 1 is 0.967 bits per heavy atom. The van der Waals surface area contributed by atoms with E-state index in [1.165, 1.54) is 25.3 Å². The van der Waals surface area contributed by atoms with Crippen molar-refractivity contribution >= 4 is 16.6 Å². The van der Waals surface area contributed by atoms with Crippen LogP contribution in [0.3, 0.4) is 0 Å². The van der Waals surface area contributed by atoms with Gasteiger partial charge in [0.15, 0.2) is 5.82 Å². The maximum atomic E-state index is 12.9. The lowest BCUT2D eigenvalue weighted by molar-refractivity contribution is -0.137. The van der Waals surface area contributed by atoms with Gasteiger partial charge < -0.3 is 15.3 Å². The zero-order chi connectivity index (χ0) is 21.1. The van der Waals surface area contributed by atoms with Gasteiger partial charge in [0.2, 0.25) is 0 Å². The lowest BCUT2D eigenvalue weighted by Crippen LogP contribution is -2.33. The molecule has 1 aliphatic heterocycles. The minimum Gasteiger partial charge on any atom is -0.507 e. The molecule has 30 heavy (non-hydrogen) atoms. The maximum Gasteiger partial charge on any atom is 0.416 e. The molecule has 1 aliphatic rings. The van der Waals surface area contributed by atoms with E-state index in [1.54, 1.807) is 0 Å². The number of rotatable bonds is 5. The van der Waals surface area contributed by atoms with Crippen molar-refractivity contribution in [2.75, 3.05) is 31.5 Å². The van der Waals surface area contributed by atoms with Crippen molar-refractivity contribution in [3.8, 4) is 17.0 Å². The molecule has 1 fully saturated rings. The van der Waals surface area contributed by atoms with Crippen LogP contribution in [0, 0.1) is 0 Å². The lowest BCUT2D eigenvalue weighted by Gasteiger charge is -2.26. The minimum absolute atomic E-state index is 0.214. The van der Waals surface area contributed by atoms with Crippen LogP contribution in [0.5, 0.6) is 5.75 Å². The van der Waals surface area contributed by atoms with Crippen LogP contribution in [0.1, 0.15) is 24.8 Å². The average Bonchev–Trinajstić information content (AvgIpc) is 2.74. The highest BCUT2D eigenvalue weighted by molar-refractivity contribution is 6.00. The number of phenols is 1. The Balaban J connectivity index is 1.61. The summed E-state index contributed by atoms with van der Waals surface area (Å²) < 4.78 is 38.7. The number of aromatic hydroxyl groups is 1. The van der Waals surface area contributed by atoms with Crippen LogP contribution >= 0.6 is 0 Å². The fourth-order valence-electron chi connectivity index (χ4n) is 3.86. The first kappa shape index (κ1) is 20.4. The molecule has 2 aromatic carbocycles. The van der Waals surface area contributed by atoms with Crippen molar-refractivity contribution in [3.63, 3.8) is 0 Å². The molecule has 1 saturated heterocycles. The van der Waals surface area contributed by atoms with Gasteiger partial charge in [0.05, 0.1) is 5.56 Å². The van der Waals surface area contributed by atoms with Gasteiger partial charge in [-0.25, -0.2) is 0 Å². The molecule has 2 heterocycles. The Hall–Kier alpha value is -2.87. The Bertz CT molecular complexity index is 1030. The van der Waals surface area contributed by atoms with Crippen LogP contribution in [0.2, 0.25) is 0 Å². The second-order valence-corrected chi connectivity index (χ2v) is 7.50. The van der Waals surface area contributed by atoms with E-state index in [0.717, 1.165) is 43.7 Å². The molecule has 0 amide bonds. The molecule has 0 atom stereocenters. The molecule has 158 valence electrons. The van der Waals surface area contributed by atoms with E-state index in [-0.39, 0.29) is 5.56 Å². The molecule has 4 rings (SSSR count). The third kappa shape index (κ3) is 4.33. The zero-order valence-electron chi connectivity index (χ0n) is 16.4. The first-order chi connectivity index (χ1) is 14.4. The molecular weight excluding hydrogens is 393 g/mol. The number of halogens is 3. The van der Waals surface area contributed by atoms with Crippen LogP contribution in [-0.2, 0) is 6.18 Å². The quantitative estimate of drug-likeness (QED) is 0.618. The number of piperidine rings is 1. The number of benzene rings is 2. The monoisotopic (exact) mass is 416 g/mol. The highest BCUT2D eigenvalue weighted by Crippen LogP contribution is 2.38. The van der Waals surface area contributed by atoms with Crippen LogP contribution in [0.25, 0.3) is 22.0 Å². The van der Waals surface area contributed by atoms with E-state index < -0.39 is 17.5 Å². The zero-order valence-corrected chi connectivity index (χ0v) is 16.4. The van der Waals surface area contributed by atoms with Gasteiger partial charge in [0, 0.05) is 29.4 Å². The van der Waals surface area contributed by atoms with Crippen molar-refractivity contribution in [2.24, 2.45) is 0 Å². The summed E-state index contributed by atoms with van der Waals surface area (Å²) in [5.41, 5.74) is -0.345. The van der Waals surface area contributed by atoms with E-state index >= 15 is 0 Å². The van der Waals surface area contributed by atoms with Gasteiger partial charge in [-0.3, -0.25) is 0 Å². The summed E-state index contributed by atoms with van der Waals surface area (Å²) in [7, 11) is 0. The van der Waals surface area contributed by atoms with Gasteiger partial charge in [-0.1, -0.05) is 30.7 Å². The number of anilines is 1. The second kappa shape index (κ2) is 8.47. The lowest BCUT2D eigenvalue weighted by atomic mass is 10.0. The molecule has 2 N–H and O–H groups in total. The summed E-state index contributed by atoms with van der Waals surface area (Å²) in [5, 5.41) is 23.6. The largest absolute Gasteiger partial charge is 0.507 e. The first-order valence-corrected chi connectivity index (χ1v) is 10.1. The van der Waals surface area contributed by atoms with E-state index in [1.807, 2.05) is 24.3 Å². The highest BCUT2D eigenvalue weighted by atomic mass is 19.4. The molecule has 0 saturated carbocycles. The molecule has 1 aromatic heterocycles. The number of alkyl halides is 3. The number of nitrogens with one attached hydrogen (secondary N) is 1. The van der Waals surface area contributed by atoms with E-state index in [4.69, 9.17) is 0 Å². The smallest absolute Gasteiger partial charge is 0.416 e. The van der Waals surface area contributed by atoms with Crippen LogP contribution in [0.15, 0.2) is 42.5 Å². The topological polar surface area (TPSA) is 61.3 Å². The Kier molecular flexibility index (Phi) is 5.76. The number of hydrogen-bond acceptors (Lipinski definition) is 5. The van der Waals surface area contributed by atoms with Crippen LogP contribution in [-0.4, -0.2) is 46.4 Å². The van der Waals surface area contributed by atoms with Crippen molar-refractivity contribution in [1.29, 1.82) is 0 Å². The predicted octanol–water partition coefficient (Wildman–Crippen LogP) is 4.92. The standard InChI is InChI=1S/C22H23F3N4O/c23-22(24,25)15-8-9-18(19(30)14-15)20-16-6-2-3-7-17(16)21(28-27-20)26-10-13-29-11-4-1-5-12-29/h2-3,6-9,14,30H,1,4-5,10-13H2,(H,26,28). The molecule has 0 radical (unpaired) electrons. The predicted molar refractivity (Wildman–Crippen MR) is 110 cm³/mol. The molecule has 3 aromatic rings. The third-order valence-corrected chi connectivity index (χ3v) is 5.44. The van der Waals surface area contributed by atoms with Crippen molar-refractivity contribution in [1.82, 2.24) is 15.1 Å². The molecule has 0 spiro atoms. The number of phenolic OH excluding ortho intramolecular Hbond substituents is 1. The minimum atomic E-state index is -4.52. The molecule has 8 heteroatoms. The summed E-state index contributed by atoms with van der Waals surface area (Å²) in [4.78, 5) is 2.42. The molecule has 0 unspecified atom stereocenters. The summed E-state index contributed by atoms with van der Waals surface area (Å²) in [6.07, 6.45) is -0.772. The summed E-state index contributed by atoms with van der Waals surface area (Å²) >= 11 is 0. The second-order valence-electron chi connectivity index (χ2n) is 7.50. The molecule has 0 bridgehead atoms. The number of nitrogens with zero attached hydrogens (tertiary/aromatic N) is 3. The molecular formula is C22H23F3N4O. The van der Waals surface area contributed by atoms with Gasteiger partial charge in [0.25, 0.3) is 0 Å². The normalized spacial score (nSPS) is 15.4. The number of hydrogen-bond donors (Lipinski definition) is 2. The van der Waals surface area contributed by atoms with E-state index in [9.17, 15) is 18.3 Å². The van der Waals surface area contributed by atoms with Crippen molar-refractivity contribution in [2.45, 2.75) is 25.4 Å². The Morgan fingerprint density at radius 2 is 1.70 bits per heavy atom. The highest BCUT2D eigenvalue weighted by Gasteiger charge is 2.31. The van der Waals surface area contributed by atoms with Gasteiger partial charge in [-0.15, -0.1) is 10.2 Å². The van der Waals surface area contributed by atoms with Gasteiger partial charge in [-0.05, 0) is 44.1 Å². The molecule has 5 nitrogen and oxygen atoms in total. The van der Waals surface area contributed by atoms with Gasteiger partial charge in [-0.2, -0.15) is 13.2 Å². The van der Waals surface area contributed by atoms with Crippen molar-refractivity contribution in [3.05, 3.63) is 48.0 Å². The maximum absolute atomic E-state index is 12.9. The van der Waals surface area contributed by atoms with Crippen LogP contribution in [0.4, 0.5) is 19.0 Å². The summed E-state index contributed by atoms with van der Waals surface area (Å²) in [5.74, 6) is 0.146. The fourth-order valence-corrected chi connectivity index (χ4v) is 3.86. The Labute approximate surface area is 172 Å². The summed E-state index contributed by atoms with van der Waals surface area (Å²) in [6.45, 7) is 3.86. The third-order valence-electron chi connectivity index (χ3n) is 5.44. The summed E-state index contributed by atoms with van der Waals surface area (Å²) in [6, 6.07) is 10.3. The molecule has 0 aliphatic carbocycles. The van der Waals surface area contributed by atoms with E-state index in [0.29, 0.717) is 16.9 Å². The Morgan fingerprint density at radius 3 is 2.40 bits per heavy atom. The number of aromatic nitrogens is 2. The van der Waals surface area contributed by atoms with Crippen LogP contribution < -0.4 is 5.32 Å². The fraction of sp³-hybridized carbons (Fsp3) is 0.364.